The van der Waals surface area contributed by atoms with Crippen LogP contribution in [0.25, 0.3) is 0 Å². The first-order valence-electron chi connectivity index (χ1n) is 7.48. The van der Waals surface area contributed by atoms with Gasteiger partial charge in [-0.3, -0.25) is 0 Å². The molecule has 2 aromatic rings. The summed E-state index contributed by atoms with van der Waals surface area (Å²) in [6.45, 7) is 0. The maximum absolute atomic E-state index is 2.27. The number of benzene rings is 2. The van der Waals surface area contributed by atoms with Gasteiger partial charge in [-0.2, -0.15) is 0 Å². The number of hydrogen-bond donors (Lipinski definition) is 0. The molecule has 1 saturated carbocycles. The zero-order valence-electron chi connectivity index (χ0n) is 11.5. The highest BCUT2D eigenvalue weighted by Crippen LogP contribution is 2.37. The Bertz CT molecular complexity index is 440. The van der Waals surface area contributed by atoms with Crippen molar-refractivity contribution in [3.05, 3.63) is 71.8 Å². The minimum Gasteiger partial charge on any atom is -0.0622 e. The van der Waals surface area contributed by atoms with Gasteiger partial charge in [0, 0.05) is 0 Å². The monoisotopic (exact) mass is 250 g/mol. The maximum atomic E-state index is 2.27. The molecule has 1 fully saturated rings. The van der Waals surface area contributed by atoms with Gasteiger partial charge in [-0.25, -0.2) is 0 Å². The fourth-order valence-electron chi connectivity index (χ4n) is 2.96. The summed E-state index contributed by atoms with van der Waals surface area (Å²) in [5.41, 5.74) is 2.98. The van der Waals surface area contributed by atoms with Gasteiger partial charge >= 0.3 is 0 Å². The van der Waals surface area contributed by atoms with Gasteiger partial charge in [0.2, 0.25) is 0 Å². The quantitative estimate of drug-likeness (QED) is 0.685. The van der Waals surface area contributed by atoms with E-state index in [-0.39, 0.29) is 0 Å². The van der Waals surface area contributed by atoms with Crippen LogP contribution in [0, 0.1) is 11.8 Å². The molecule has 0 heteroatoms. The van der Waals surface area contributed by atoms with E-state index < -0.39 is 0 Å². The average molecular weight is 250 g/mol. The number of hydrogen-bond acceptors (Lipinski definition) is 0. The van der Waals surface area contributed by atoms with Gasteiger partial charge in [-0.1, -0.05) is 73.5 Å². The van der Waals surface area contributed by atoms with Crippen molar-refractivity contribution >= 4 is 0 Å². The summed E-state index contributed by atoms with van der Waals surface area (Å²) < 4.78 is 0. The average Bonchev–Trinajstić information content (AvgIpc) is 3.25. The van der Waals surface area contributed by atoms with Crippen LogP contribution in [0.4, 0.5) is 0 Å². The molecule has 0 atom stereocenters. The van der Waals surface area contributed by atoms with Crippen LogP contribution in [0.3, 0.4) is 0 Å². The second-order valence-electron chi connectivity index (χ2n) is 5.92. The molecule has 0 radical (unpaired) electrons. The molecule has 98 valence electrons. The minimum absolute atomic E-state index is 0.803. The molecule has 0 aliphatic heterocycles. The van der Waals surface area contributed by atoms with E-state index in [0.717, 1.165) is 11.8 Å². The van der Waals surface area contributed by atoms with Crippen LogP contribution >= 0.6 is 0 Å². The Balaban J connectivity index is 1.66. The van der Waals surface area contributed by atoms with E-state index in [1.807, 2.05) is 0 Å². The fourth-order valence-corrected chi connectivity index (χ4v) is 2.96. The Morgan fingerprint density at radius 1 is 0.737 bits per heavy atom. The minimum atomic E-state index is 0.803. The molecule has 0 bridgehead atoms. The van der Waals surface area contributed by atoms with E-state index in [1.54, 1.807) is 0 Å². The number of rotatable bonds is 6. The van der Waals surface area contributed by atoms with E-state index in [9.17, 15) is 0 Å². The normalized spacial score (nSPS) is 14.8. The largest absolute Gasteiger partial charge is 0.0622 e. The van der Waals surface area contributed by atoms with Crippen LogP contribution in [0.5, 0.6) is 0 Å². The molecule has 1 aliphatic rings. The lowest BCUT2D eigenvalue weighted by Gasteiger charge is -2.17. The Morgan fingerprint density at radius 2 is 1.21 bits per heavy atom. The standard InChI is InChI=1S/C19H22/c1-3-7-16(8-4-1)13-19(15-18-11-12-18)14-17-9-5-2-6-10-17/h1-10,18-19H,11-15H2. The van der Waals surface area contributed by atoms with Gasteiger partial charge in [0.15, 0.2) is 0 Å². The van der Waals surface area contributed by atoms with Crippen molar-refractivity contribution in [3.63, 3.8) is 0 Å². The van der Waals surface area contributed by atoms with E-state index in [2.05, 4.69) is 60.7 Å². The Hall–Kier alpha value is -1.56. The summed E-state index contributed by atoms with van der Waals surface area (Å²) in [5.74, 6) is 1.81. The fraction of sp³-hybridized carbons (Fsp3) is 0.368. The summed E-state index contributed by atoms with van der Waals surface area (Å²) in [6.07, 6.45) is 6.78. The van der Waals surface area contributed by atoms with E-state index >= 15 is 0 Å². The Kier molecular flexibility index (Phi) is 3.98. The second-order valence-corrected chi connectivity index (χ2v) is 5.92. The van der Waals surface area contributed by atoms with Gasteiger partial charge < -0.3 is 0 Å². The molecule has 2 aromatic carbocycles. The third-order valence-electron chi connectivity index (χ3n) is 4.10. The maximum Gasteiger partial charge on any atom is -0.0247 e. The van der Waals surface area contributed by atoms with E-state index in [0.29, 0.717) is 0 Å². The van der Waals surface area contributed by atoms with Gasteiger partial charge in [0.25, 0.3) is 0 Å². The highest BCUT2D eigenvalue weighted by atomic mass is 14.3. The van der Waals surface area contributed by atoms with Crippen molar-refractivity contribution in [1.29, 1.82) is 0 Å². The Labute approximate surface area is 116 Å². The van der Waals surface area contributed by atoms with Gasteiger partial charge in [0.05, 0.1) is 0 Å². The SMILES string of the molecule is c1ccc(CC(Cc2ccccc2)CC2CC2)cc1. The molecule has 3 rings (SSSR count). The molecule has 0 N–H and O–H groups in total. The van der Waals surface area contributed by atoms with Crippen molar-refractivity contribution in [2.75, 3.05) is 0 Å². The third kappa shape index (κ3) is 3.96. The molecule has 0 aromatic heterocycles. The summed E-state index contributed by atoms with van der Waals surface area (Å²) in [7, 11) is 0. The zero-order valence-corrected chi connectivity index (χ0v) is 11.5. The molecule has 0 unspecified atom stereocenters. The van der Waals surface area contributed by atoms with Gasteiger partial charge in [-0.15, -0.1) is 0 Å². The molecule has 0 spiro atoms. The van der Waals surface area contributed by atoms with Crippen LogP contribution in [0.2, 0.25) is 0 Å². The van der Waals surface area contributed by atoms with Gasteiger partial charge in [0.1, 0.15) is 0 Å². The van der Waals surface area contributed by atoms with Gasteiger partial charge in [-0.05, 0) is 42.2 Å². The topological polar surface area (TPSA) is 0 Å². The molecular formula is C19H22. The van der Waals surface area contributed by atoms with E-state index in [4.69, 9.17) is 0 Å². The predicted octanol–water partition coefficient (Wildman–Crippen LogP) is 4.89. The lowest BCUT2D eigenvalue weighted by Crippen LogP contribution is -2.09. The van der Waals surface area contributed by atoms with Crippen LogP contribution in [-0.4, -0.2) is 0 Å². The van der Waals surface area contributed by atoms with Crippen molar-refractivity contribution in [3.8, 4) is 0 Å². The van der Waals surface area contributed by atoms with Crippen molar-refractivity contribution in [2.45, 2.75) is 32.1 Å². The summed E-state index contributed by atoms with van der Waals surface area (Å²) in [5, 5.41) is 0. The first kappa shape index (κ1) is 12.5. The van der Waals surface area contributed by atoms with Crippen LogP contribution < -0.4 is 0 Å². The summed E-state index contributed by atoms with van der Waals surface area (Å²) in [4.78, 5) is 0. The first-order chi connectivity index (χ1) is 9.40. The lowest BCUT2D eigenvalue weighted by molar-refractivity contribution is 0.451. The molecule has 0 heterocycles. The van der Waals surface area contributed by atoms with Crippen LogP contribution in [-0.2, 0) is 12.8 Å². The first-order valence-corrected chi connectivity index (χ1v) is 7.48. The molecule has 0 amide bonds. The van der Waals surface area contributed by atoms with E-state index in [1.165, 1.54) is 43.2 Å². The highest BCUT2D eigenvalue weighted by molar-refractivity contribution is 5.18. The predicted molar refractivity (Wildman–Crippen MR) is 81.1 cm³/mol. The van der Waals surface area contributed by atoms with Crippen molar-refractivity contribution in [2.24, 2.45) is 11.8 Å². The van der Waals surface area contributed by atoms with Crippen molar-refractivity contribution in [1.82, 2.24) is 0 Å². The third-order valence-corrected chi connectivity index (χ3v) is 4.10. The molecule has 19 heavy (non-hydrogen) atoms. The lowest BCUT2D eigenvalue weighted by atomic mass is 9.88. The second kappa shape index (κ2) is 6.06. The molecule has 0 saturated heterocycles. The molecule has 1 aliphatic carbocycles. The molecule has 0 nitrogen and oxygen atoms in total. The smallest absolute Gasteiger partial charge is 0.0247 e. The summed E-state index contributed by atoms with van der Waals surface area (Å²) in [6, 6.07) is 21.9. The van der Waals surface area contributed by atoms with Crippen LogP contribution in [0.15, 0.2) is 60.7 Å². The van der Waals surface area contributed by atoms with Crippen molar-refractivity contribution < 1.29 is 0 Å². The van der Waals surface area contributed by atoms with Crippen LogP contribution in [0.1, 0.15) is 30.4 Å². The highest BCUT2D eigenvalue weighted by Gasteiger charge is 2.25. The zero-order chi connectivity index (χ0) is 12.9. The Morgan fingerprint density at radius 3 is 1.63 bits per heavy atom. The molecular weight excluding hydrogens is 228 g/mol. The summed E-state index contributed by atoms with van der Waals surface area (Å²) >= 11 is 0.